The van der Waals surface area contributed by atoms with E-state index < -0.39 is 5.97 Å². The van der Waals surface area contributed by atoms with Crippen LogP contribution in [0.4, 0.5) is 5.00 Å². The van der Waals surface area contributed by atoms with Crippen molar-refractivity contribution in [1.29, 1.82) is 0 Å². The minimum Gasteiger partial charge on any atom is -0.462 e. The molecule has 0 bridgehead atoms. The van der Waals surface area contributed by atoms with Crippen molar-refractivity contribution in [3.05, 3.63) is 46.8 Å². The molecule has 2 aromatic heterocycles. The fourth-order valence-electron chi connectivity index (χ4n) is 2.74. The monoisotopic (exact) mass is 430 g/mol. The van der Waals surface area contributed by atoms with Gasteiger partial charge in [0.05, 0.1) is 17.9 Å². The molecule has 7 nitrogen and oxygen atoms in total. The number of aryl methyl sites for hydroxylation is 1. The molecular formula is C20H22N4O3S2. The van der Waals surface area contributed by atoms with Crippen molar-refractivity contribution >= 4 is 40.0 Å². The molecule has 152 valence electrons. The van der Waals surface area contributed by atoms with E-state index in [0.29, 0.717) is 22.3 Å². The number of esters is 1. The Bertz CT molecular complexity index is 999. The molecule has 0 fully saturated rings. The van der Waals surface area contributed by atoms with Crippen LogP contribution in [-0.4, -0.2) is 39.0 Å². The molecule has 0 saturated carbocycles. The number of amides is 1. The van der Waals surface area contributed by atoms with E-state index in [1.54, 1.807) is 13.0 Å². The van der Waals surface area contributed by atoms with Gasteiger partial charge in [-0.25, -0.2) is 4.79 Å². The first-order valence-corrected chi connectivity index (χ1v) is 11.0. The average molecular weight is 431 g/mol. The molecule has 0 aliphatic rings. The van der Waals surface area contributed by atoms with Crippen LogP contribution in [0.2, 0.25) is 0 Å². The Balaban J connectivity index is 1.68. The van der Waals surface area contributed by atoms with Gasteiger partial charge >= 0.3 is 5.97 Å². The summed E-state index contributed by atoms with van der Waals surface area (Å²) in [5.74, 6) is 0.286. The summed E-state index contributed by atoms with van der Waals surface area (Å²) in [6, 6.07) is 11.5. The third-order valence-electron chi connectivity index (χ3n) is 4.00. The first-order valence-electron chi connectivity index (χ1n) is 9.22. The quantitative estimate of drug-likeness (QED) is 0.425. The van der Waals surface area contributed by atoms with Crippen molar-refractivity contribution in [2.24, 2.45) is 0 Å². The number of thioether (sulfide) groups is 1. The zero-order chi connectivity index (χ0) is 20.8. The van der Waals surface area contributed by atoms with E-state index in [9.17, 15) is 9.59 Å². The molecule has 0 spiro atoms. The van der Waals surface area contributed by atoms with Crippen LogP contribution in [0.25, 0.3) is 11.4 Å². The van der Waals surface area contributed by atoms with Crippen LogP contribution in [0, 0.1) is 6.92 Å². The Morgan fingerprint density at radius 2 is 1.97 bits per heavy atom. The van der Waals surface area contributed by atoms with Crippen molar-refractivity contribution in [3.63, 3.8) is 0 Å². The lowest BCUT2D eigenvalue weighted by Crippen LogP contribution is -2.16. The number of nitrogens with zero attached hydrogens (tertiary/aromatic N) is 3. The summed E-state index contributed by atoms with van der Waals surface area (Å²) in [6.45, 7) is 6.62. The lowest BCUT2D eigenvalue weighted by atomic mass is 10.2. The van der Waals surface area contributed by atoms with Crippen LogP contribution in [0.5, 0.6) is 0 Å². The molecular weight excluding hydrogens is 408 g/mol. The van der Waals surface area contributed by atoms with E-state index in [0.717, 1.165) is 16.3 Å². The summed E-state index contributed by atoms with van der Waals surface area (Å²) < 4.78 is 7.04. The van der Waals surface area contributed by atoms with Crippen molar-refractivity contribution in [3.8, 4) is 11.4 Å². The lowest BCUT2D eigenvalue weighted by Gasteiger charge is -2.08. The number of anilines is 1. The number of hydrogen-bond donors (Lipinski definition) is 1. The van der Waals surface area contributed by atoms with Gasteiger partial charge in [-0.3, -0.25) is 4.79 Å². The van der Waals surface area contributed by atoms with Gasteiger partial charge in [0.2, 0.25) is 5.91 Å². The Morgan fingerprint density at radius 1 is 1.21 bits per heavy atom. The highest BCUT2D eigenvalue weighted by molar-refractivity contribution is 7.99. The smallest absolute Gasteiger partial charge is 0.341 e. The lowest BCUT2D eigenvalue weighted by molar-refractivity contribution is -0.113. The molecule has 3 aromatic rings. The molecule has 1 amide bonds. The van der Waals surface area contributed by atoms with Crippen molar-refractivity contribution < 1.29 is 14.3 Å². The first-order chi connectivity index (χ1) is 14.0. The Hall–Kier alpha value is -2.65. The van der Waals surface area contributed by atoms with Gasteiger partial charge < -0.3 is 14.6 Å². The van der Waals surface area contributed by atoms with Crippen molar-refractivity contribution in [2.75, 3.05) is 17.7 Å². The van der Waals surface area contributed by atoms with Crippen LogP contribution < -0.4 is 5.32 Å². The highest BCUT2D eigenvalue weighted by Gasteiger charge is 2.19. The maximum Gasteiger partial charge on any atom is 0.341 e. The van der Waals surface area contributed by atoms with Crippen LogP contribution in [-0.2, 0) is 16.1 Å². The number of benzene rings is 1. The molecule has 0 saturated heterocycles. The maximum absolute atomic E-state index is 12.5. The molecule has 1 aromatic carbocycles. The largest absolute Gasteiger partial charge is 0.462 e. The summed E-state index contributed by atoms with van der Waals surface area (Å²) in [4.78, 5) is 25.5. The summed E-state index contributed by atoms with van der Waals surface area (Å²) in [6.07, 6.45) is 0. The van der Waals surface area contributed by atoms with E-state index in [1.165, 1.54) is 23.1 Å². The number of ether oxygens (including phenoxy) is 1. The molecule has 3 rings (SSSR count). The highest BCUT2D eigenvalue weighted by Crippen LogP contribution is 2.29. The predicted octanol–water partition coefficient (Wildman–Crippen LogP) is 4.24. The second-order valence-electron chi connectivity index (χ2n) is 6.07. The van der Waals surface area contributed by atoms with E-state index in [1.807, 2.05) is 48.7 Å². The van der Waals surface area contributed by atoms with Crippen molar-refractivity contribution in [2.45, 2.75) is 32.5 Å². The topological polar surface area (TPSA) is 86.1 Å². The Morgan fingerprint density at radius 3 is 2.66 bits per heavy atom. The van der Waals surface area contributed by atoms with E-state index in [2.05, 4.69) is 15.5 Å². The number of nitrogens with one attached hydrogen (secondary N) is 1. The molecule has 9 heteroatoms. The molecule has 0 unspecified atom stereocenters. The fourth-order valence-corrected chi connectivity index (χ4v) is 4.46. The third kappa shape index (κ3) is 5.04. The van der Waals surface area contributed by atoms with Gasteiger partial charge in [-0.15, -0.1) is 21.5 Å². The van der Waals surface area contributed by atoms with Gasteiger partial charge in [0.25, 0.3) is 0 Å². The van der Waals surface area contributed by atoms with Crippen LogP contribution in [0.15, 0.2) is 41.6 Å². The highest BCUT2D eigenvalue weighted by atomic mass is 32.2. The average Bonchev–Trinajstić information content (AvgIpc) is 3.30. The Labute approximate surface area is 177 Å². The fraction of sp³-hybridized carbons (Fsp3) is 0.300. The minimum absolute atomic E-state index is 0.159. The molecule has 29 heavy (non-hydrogen) atoms. The van der Waals surface area contributed by atoms with E-state index in [4.69, 9.17) is 4.74 Å². The van der Waals surface area contributed by atoms with E-state index in [-0.39, 0.29) is 18.3 Å². The zero-order valence-corrected chi connectivity index (χ0v) is 18.1. The van der Waals surface area contributed by atoms with Gasteiger partial charge in [-0.05, 0) is 26.8 Å². The maximum atomic E-state index is 12.5. The number of thiophene rings is 1. The molecule has 0 radical (unpaired) electrons. The molecule has 0 atom stereocenters. The minimum atomic E-state index is -0.432. The van der Waals surface area contributed by atoms with Gasteiger partial charge in [0.15, 0.2) is 11.0 Å². The first kappa shape index (κ1) is 21.1. The molecule has 0 aliphatic carbocycles. The zero-order valence-electron chi connectivity index (χ0n) is 16.5. The van der Waals surface area contributed by atoms with Crippen LogP contribution in [0.3, 0.4) is 0 Å². The van der Waals surface area contributed by atoms with Gasteiger partial charge in [0, 0.05) is 17.0 Å². The summed E-state index contributed by atoms with van der Waals surface area (Å²) in [5, 5.41) is 12.5. The van der Waals surface area contributed by atoms with Crippen LogP contribution in [0.1, 0.15) is 29.1 Å². The van der Waals surface area contributed by atoms with Crippen molar-refractivity contribution in [1.82, 2.24) is 14.8 Å². The SMILES string of the molecule is CCOC(=O)c1cc(C)sc1NC(=O)CSc1nnc(-c2ccccc2)n1CC. The van der Waals surface area contributed by atoms with E-state index >= 15 is 0 Å². The van der Waals surface area contributed by atoms with Gasteiger partial charge in [-0.2, -0.15) is 0 Å². The number of rotatable bonds is 8. The number of carbonyl (C=O) groups is 2. The second kappa shape index (κ2) is 9.71. The third-order valence-corrected chi connectivity index (χ3v) is 5.93. The van der Waals surface area contributed by atoms with Gasteiger partial charge in [-0.1, -0.05) is 42.1 Å². The number of aromatic nitrogens is 3. The predicted molar refractivity (Wildman–Crippen MR) is 115 cm³/mol. The number of carbonyl (C=O) groups excluding carboxylic acids is 2. The second-order valence-corrected chi connectivity index (χ2v) is 8.27. The number of hydrogen-bond acceptors (Lipinski definition) is 7. The standard InChI is InChI=1S/C20H22N4O3S2/c1-4-24-17(14-9-7-6-8-10-14)22-23-20(24)28-12-16(25)21-18-15(11-13(3)29-18)19(26)27-5-2/h6-11H,4-5,12H2,1-3H3,(H,21,25). The molecule has 1 N–H and O–H groups in total. The normalized spacial score (nSPS) is 10.7. The van der Waals surface area contributed by atoms with Gasteiger partial charge in [0.1, 0.15) is 5.00 Å². The van der Waals surface area contributed by atoms with Crippen LogP contribution >= 0.6 is 23.1 Å². The summed E-state index contributed by atoms with van der Waals surface area (Å²) in [7, 11) is 0. The Kier molecular flexibility index (Phi) is 7.05. The summed E-state index contributed by atoms with van der Waals surface area (Å²) in [5.41, 5.74) is 1.36. The molecule has 0 aliphatic heterocycles. The summed E-state index contributed by atoms with van der Waals surface area (Å²) >= 11 is 2.66. The molecule has 2 heterocycles.